The molecule has 0 bridgehead atoms. The molecule has 0 spiro atoms. The molecule has 1 aromatic rings. The monoisotopic (exact) mass is 198 g/mol. The zero-order valence-corrected chi connectivity index (χ0v) is 8.27. The van der Waals surface area contributed by atoms with Gasteiger partial charge in [0.2, 0.25) is 5.91 Å². The Balaban J connectivity index is 3.12. The first kappa shape index (κ1) is 9.86. The topological polar surface area (TPSA) is 55.1 Å². The number of nitrogens with two attached hydrogens (primary N) is 1. The summed E-state index contributed by atoms with van der Waals surface area (Å²) in [5, 5.41) is 3.17. The average molecular weight is 199 g/mol. The Morgan fingerprint density at radius 3 is 2.69 bits per heavy atom. The predicted molar refractivity (Wildman–Crippen MR) is 54.9 cm³/mol. The molecule has 4 heteroatoms. The van der Waals surface area contributed by atoms with Crippen molar-refractivity contribution in [3.8, 4) is 0 Å². The molecular weight excluding hydrogens is 188 g/mol. The fourth-order valence-electron chi connectivity index (χ4n) is 1.02. The van der Waals surface area contributed by atoms with Crippen molar-refractivity contribution in [1.29, 1.82) is 0 Å². The average Bonchev–Trinajstić information content (AvgIpc) is 1.98. The molecule has 0 aliphatic rings. The molecule has 0 aromatic heterocycles. The SMILES string of the molecule is CC(=O)Nc1cc(Cl)cc(N)c1C. The summed E-state index contributed by atoms with van der Waals surface area (Å²) in [6.45, 7) is 3.27. The molecular formula is C9H11ClN2O. The van der Waals surface area contributed by atoms with Gasteiger partial charge in [-0.3, -0.25) is 4.79 Å². The normalized spacial score (nSPS) is 9.77. The minimum Gasteiger partial charge on any atom is -0.398 e. The van der Waals surface area contributed by atoms with Crippen LogP contribution in [0.5, 0.6) is 0 Å². The van der Waals surface area contributed by atoms with Gasteiger partial charge in [0.15, 0.2) is 0 Å². The van der Waals surface area contributed by atoms with Crippen LogP contribution in [0, 0.1) is 6.92 Å². The van der Waals surface area contributed by atoms with Crippen molar-refractivity contribution in [3.05, 3.63) is 22.7 Å². The van der Waals surface area contributed by atoms with E-state index in [-0.39, 0.29) is 5.91 Å². The van der Waals surface area contributed by atoms with Crippen LogP contribution in [-0.2, 0) is 4.79 Å². The molecule has 0 heterocycles. The van der Waals surface area contributed by atoms with E-state index >= 15 is 0 Å². The Labute approximate surface area is 81.9 Å². The van der Waals surface area contributed by atoms with E-state index < -0.39 is 0 Å². The highest BCUT2D eigenvalue weighted by atomic mass is 35.5. The van der Waals surface area contributed by atoms with E-state index in [9.17, 15) is 4.79 Å². The van der Waals surface area contributed by atoms with Crippen LogP contribution in [0.2, 0.25) is 5.02 Å². The lowest BCUT2D eigenvalue weighted by Crippen LogP contribution is -2.08. The maximum atomic E-state index is 10.8. The Hall–Kier alpha value is -1.22. The molecule has 0 fully saturated rings. The van der Waals surface area contributed by atoms with Gasteiger partial charge in [0, 0.05) is 23.3 Å². The lowest BCUT2D eigenvalue weighted by atomic mass is 10.1. The molecule has 0 aliphatic carbocycles. The summed E-state index contributed by atoms with van der Waals surface area (Å²) in [4.78, 5) is 10.8. The van der Waals surface area contributed by atoms with E-state index in [1.807, 2.05) is 6.92 Å². The van der Waals surface area contributed by atoms with Crippen LogP contribution in [0.4, 0.5) is 11.4 Å². The standard InChI is InChI=1S/C9H11ClN2O/c1-5-8(11)3-7(10)4-9(5)12-6(2)13/h3-4H,11H2,1-2H3,(H,12,13). The van der Waals surface area contributed by atoms with Crippen molar-refractivity contribution in [2.45, 2.75) is 13.8 Å². The Morgan fingerprint density at radius 2 is 2.15 bits per heavy atom. The molecule has 1 rings (SSSR count). The fraction of sp³-hybridized carbons (Fsp3) is 0.222. The lowest BCUT2D eigenvalue weighted by molar-refractivity contribution is -0.114. The van der Waals surface area contributed by atoms with Crippen LogP contribution in [0.3, 0.4) is 0 Å². The zero-order valence-electron chi connectivity index (χ0n) is 7.52. The summed E-state index contributed by atoms with van der Waals surface area (Å²) in [6.07, 6.45) is 0. The second-order valence-electron chi connectivity index (χ2n) is 2.85. The van der Waals surface area contributed by atoms with Gasteiger partial charge in [-0.25, -0.2) is 0 Å². The summed E-state index contributed by atoms with van der Waals surface area (Å²) in [6, 6.07) is 3.33. The highest BCUT2D eigenvalue weighted by Crippen LogP contribution is 2.26. The summed E-state index contributed by atoms with van der Waals surface area (Å²) >= 11 is 5.77. The molecule has 0 radical (unpaired) electrons. The number of benzene rings is 1. The summed E-state index contributed by atoms with van der Waals surface area (Å²) in [5.41, 5.74) is 7.74. The molecule has 1 aromatic carbocycles. The van der Waals surface area contributed by atoms with Crippen LogP contribution in [0.15, 0.2) is 12.1 Å². The van der Waals surface area contributed by atoms with E-state index in [2.05, 4.69) is 5.32 Å². The number of amides is 1. The summed E-state index contributed by atoms with van der Waals surface area (Å²) in [7, 11) is 0. The molecule has 1 amide bonds. The van der Waals surface area contributed by atoms with Crippen LogP contribution >= 0.6 is 11.6 Å². The first-order chi connectivity index (χ1) is 6.00. The highest BCUT2D eigenvalue weighted by molar-refractivity contribution is 6.31. The van der Waals surface area contributed by atoms with Gasteiger partial charge in [-0.05, 0) is 24.6 Å². The Kier molecular flexibility index (Phi) is 2.78. The van der Waals surface area contributed by atoms with E-state index in [1.54, 1.807) is 12.1 Å². The molecule has 70 valence electrons. The molecule has 0 aliphatic heterocycles. The third-order valence-electron chi connectivity index (χ3n) is 1.72. The van der Waals surface area contributed by atoms with Crippen molar-refractivity contribution < 1.29 is 4.79 Å². The van der Waals surface area contributed by atoms with Crippen molar-refractivity contribution >= 4 is 28.9 Å². The second kappa shape index (κ2) is 3.66. The predicted octanol–water partition coefficient (Wildman–Crippen LogP) is 2.19. The quantitative estimate of drug-likeness (QED) is 0.680. The molecule has 13 heavy (non-hydrogen) atoms. The number of hydrogen-bond donors (Lipinski definition) is 2. The maximum Gasteiger partial charge on any atom is 0.221 e. The van der Waals surface area contributed by atoms with Crippen molar-refractivity contribution in [3.63, 3.8) is 0 Å². The van der Waals surface area contributed by atoms with Crippen LogP contribution < -0.4 is 11.1 Å². The molecule has 3 nitrogen and oxygen atoms in total. The van der Waals surface area contributed by atoms with Gasteiger partial charge in [-0.15, -0.1) is 0 Å². The first-order valence-electron chi connectivity index (χ1n) is 3.84. The molecule has 3 N–H and O–H groups in total. The second-order valence-corrected chi connectivity index (χ2v) is 3.29. The molecule has 0 unspecified atom stereocenters. The van der Waals surface area contributed by atoms with E-state index in [4.69, 9.17) is 17.3 Å². The van der Waals surface area contributed by atoms with Gasteiger partial charge in [-0.2, -0.15) is 0 Å². The van der Waals surface area contributed by atoms with Crippen molar-refractivity contribution in [2.75, 3.05) is 11.1 Å². The fourth-order valence-corrected chi connectivity index (χ4v) is 1.25. The number of nitrogen functional groups attached to an aromatic ring is 1. The maximum absolute atomic E-state index is 10.8. The van der Waals surface area contributed by atoms with Crippen LogP contribution in [0.25, 0.3) is 0 Å². The van der Waals surface area contributed by atoms with Gasteiger partial charge in [0.25, 0.3) is 0 Å². The van der Waals surface area contributed by atoms with Crippen LogP contribution in [-0.4, -0.2) is 5.91 Å². The smallest absolute Gasteiger partial charge is 0.221 e. The number of carbonyl (C=O) groups excluding carboxylic acids is 1. The number of carbonyl (C=O) groups is 1. The van der Waals surface area contributed by atoms with Gasteiger partial charge in [0.05, 0.1) is 0 Å². The van der Waals surface area contributed by atoms with Crippen molar-refractivity contribution in [1.82, 2.24) is 0 Å². The lowest BCUT2D eigenvalue weighted by Gasteiger charge is -2.09. The van der Waals surface area contributed by atoms with E-state index in [0.29, 0.717) is 16.4 Å². The number of hydrogen-bond acceptors (Lipinski definition) is 2. The largest absolute Gasteiger partial charge is 0.398 e. The van der Waals surface area contributed by atoms with E-state index in [0.717, 1.165) is 5.56 Å². The zero-order chi connectivity index (χ0) is 10.0. The molecule has 0 saturated carbocycles. The minimum absolute atomic E-state index is 0.134. The number of halogens is 1. The van der Waals surface area contributed by atoms with Gasteiger partial charge in [0.1, 0.15) is 0 Å². The minimum atomic E-state index is -0.134. The summed E-state index contributed by atoms with van der Waals surface area (Å²) in [5.74, 6) is -0.134. The van der Waals surface area contributed by atoms with Gasteiger partial charge >= 0.3 is 0 Å². The van der Waals surface area contributed by atoms with Gasteiger partial charge in [-0.1, -0.05) is 11.6 Å². The highest BCUT2D eigenvalue weighted by Gasteiger charge is 2.04. The number of nitrogens with one attached hydrogen (secondary N) is 1. The van der Waals surface area contributed by atoms with E-state index in [1.165, 1.54) is 6.92 Å². The molecule has 0 saturated heterocycles. The Bertz CT molecular complexity index is 350. The van der Waals surface area contributed by atoms with Crippen LogP contribution in [0.1, 0.15) is 12.5 Å². The summed E-state index contributed by atoms with van der Waals surface area (Å²) < 4.78 is 0. The van der Waals surface area contributed by atoms with Gasteiger partial charge < -0.3 is 11.1 Å². The third kappa shape index (κ3) is 2.36. The Morgan fingerprint density at radius 1 is 1.54 bits per heavy atom. The first-order valence-corrected chi connectivity index (χ1v) is 4.21. The third-order valence-corrected chi connectivity index (χ3v) is 1.94. The van der Waals surface area contributed by atoms with Crippen molar-refractivity contribution in [2.24, 2.45) is 0 Å². The molecule has 0 atom stereocenters. The number of anilines is 2. The number of rotatable bonds is 1.